The molecular weight excluding hydrogens is 372 g/mol. The third kappa shape index (κ3) is 3.22. The van der Waals surface area contributed by atoms with Crippen LogP contribution in [0, 0.1) is 5.41 Å². The second-order valence-corrected chi connectivity index (χ2v) is 7.41. The van der Waals surface area contributed by atoms with E-state index in [-0.39, 0.29) is 29.9 Å². The highest BCUT2D eigenvalue weighted by Crippen LogP contribution is 2.50. The molecule has 0 aromatic heterocycles. The van der Waals surface area contributed by atoms with Gasteiger partial charge in [0, 0.05) is 17.5 Å². The number of esters is 1. The maximum absolute atomic E-state index is 12.2. The molecule has 0 saturated heterocycles. The Hall–Kier alpha value is -3.02. The molecule has 0 atom stereocenters. The summed E-state index contributed by atoms with van der Waals surface area (Å²) in [5.41, 5.74) is 2.39. The van der Waals surface area contributed by atoms with E-state index in [9.17, 15) is 9.59 Å². The number of carbonyl (C=O) groups is 2. The van der Waals surface area contributed by atoms with Crippen LogP contribution < -0.4 is 14.2 Å². The molecule has 1 fully saturated rings. The van der Waals surface area contributed by atoms with Crippen molar-refractivity contribution in [3.63, 3.8) is 0 Å². The molecule has 0 aliphatic heterocycles. The first-order valence-corrected chi connectivity index (χ1v) is 9.49. The standard InChI is InChI=1S/C23H24O6/c1-26-19-10-8-17(14-5-4-6-16-15(14)7-9-18(16)24)20(21(19)27-2)29-13-23(11-12-23)22(25)28-3/h4-6,8,10H,7,9,11-13H2,1-3H3/i2D2. The summed E-state index contributed by atoms with van der Waals surface area (Å²) in [7, 11) is 1.21. The molecular formula is C23H24O6. The van der Waals surface area contributed by atoms with Gasteiger partial charge in [0.25, 0.3) is 0 Å². The van der Waals surface area contributed by atoms with Gasteiger partial charge in [0.15, 0.2) is 17.3 Å². The molecule has 2 aliphatic carbocycles. The molecule has 0 bridgehead atoms. The molecule has 0 N–H and O–H groups in total. The lowest BCUT2D eigenvalue weighted by atomic mass is 9.95. The zero-order valence-electron chi connectivity index (χ0n) is 18.4. The highest BCUT2D eigenvalue weighted by molar-refractivity contribution is 6.02. The van der Waals surface area contributed by atoms with E-state index in [0.717, 1.165) is 11.1 Å². The summed E-state index contributed by atoms with van der Waals surface area (Å²) < 4.78 is 37.1. The summed E-state index contributed by atoms with van der Waals surface area (Å²) in [6.45, 7) is 0.0742. The van der Waals surface area contributed by atoms with Crippen molar-refractivity contribution < 1.29 is 31.3 Å². The highest BCUT2D eigenvalue weighted by atomic mass is 16.5. The molecule has 2 aliphatic rings. The highest BCUT2D eigenvalue weighted by Gasteiger charge is 2.52. The van der Waals surface area contributed by atoms with Crippen molar-refractivity contribution in [1.82, 2.24) is 0 Å². The Morgan fingerprint density at radius 3 is 2.52 bits per heavy atom. The minimum atomic E-state index is -1.61. The number of fused-ring (bicyclic) bond motifs is 1. The summed E-state index contributed by atoms with van der Waals surface area (Å²) >= 11 is 0. The summed E-state index contributed by atoms with van der Waals surface area (Å²) in [4.78, 5) is 24.4. The zero-order chi connectivity index (χ0) is 22.2. The molecule has 0 unspecified atom stereocenters. The first kappa shape index (κ1) is 16.9. The quantitative estimate of drug-likeness (QED) is 0.660. The lowest BCUT2D eigenvalue weighted by molar-refractivity contribution is -0.148. The van der Waals surface area contributed by atoms with Crippen molar-refractivity contribution in [3.05, 3.63) is 41.5 Å². The minimum Gasteiger partial charge on any atom is -0.493 e. The van der Waals surface area contributed by atoms with Crippen molar-refractivity contribution in [2.24, 2.45) is 5.41 Å². The van der Waals surface area contributed by atoms with Gasteiger partial charge in [0.1, 0.15) is 12.0 Å². The number of hydrogen-bond acceptors (Lipinski definition) is 6. The molecule has 0 spiro atoms. The van der Waals surface area contributed by atoms with Crippen LogP contribution in [-0.4, -0.2) is 39.6 Å². The average Bonchev–Trinajstić information content (AvgIpc) is 3.47. The number of hydrogen-bond donors (Lipinski definition) is 0. The number of carbonyl (C=O) groups excluding carboxylic acids is 2. The Labute approximate surface area is 172 Å². The first-order valence-electron chi connectivity index (χ1n) is 10.6. The molecule has 152 valence electrons. The Kier molecular flexibility index (Phi) is 4.33. The van der Waals surface area contributed by atoms with Gasteiger partial charge in [0.05, 0.1) is 24.0 Å². The summed E-state index contributed by atoms with van der Waals surface area (Å²) in [6.07, 6.45) is 2.39. The van der Waals surface area contributed by atoms with Crippen molar-refractivity contribution in [2.45, 2.75) is 25.7 Å². The lowest BCUT2D eigenvalue weighted by Crippen LogP contribution is -2.25. The SMILES string of the molecule is [2H]C([2H])Oc1c(OC)ccc(-c2cccc3c2CCC3=O)c1OCC1(C(=O)OC)CC1. The van der Waals surface area contributed by atoms with Gasteiger partial charge in [-0.15, -0.1) is 0 Å². The number of ether oxygens (including phenoxy) is 4. The molecule has 0 radical (unpaired) electrons. The fraction of sp³-hybridized carbons (Fsp3) is 0.391. The molecule has 2 aromatic rings. The summed E-state index contributed by atoms with van der Waals surface area (Å²) in [5.74, 6) is 0.493. The smallest absolute Gasteiger partial charge is 0.315 e. The van der Waals surface area contributed by atoms with Crippen molar-refractivity contribution in [1.29, 1.82) is 0 Å². The Morgan fingerprint density at radius 2 is 1.83 bits per heavy atom. The minimum absolute atomic E-state index is 0.0742. The third-order valence-corrected chi connectivity index (χ3v) is 5.75. The van der Waals surface area contributed by atoms with Gasteiger partial charge in [0.2, 0.25) is 5.75 Å². The third-order valence-electron chi connectivity index (χ3n) is 5.75. The maximum Gasteiger partial charge on any atom is 0.315 e. The molecule has 0 amide bonds. The lowest BCUT2D eigenvalue weighted by Gasteiger charge is -2.21. The van der Waals surface area contributed by atoms with Crippen LogP contribution >= 0.6 is 0 Å². The monoisotopic (exact) mass is 398 g/mol. The van der Waals surface area contributed by atoms with Crippen molar-refractivity contribution in [3.8, 4) is 28.4 Å². The normalized spacial score (nSPS) is 17.3. The van der Waals surface area contributed by atoms with E-state index in [1.165, 1.54) is 14.2 Å². The molecule has 6 heteroatoms. The van der Waals surface area contributed by atoms with Gasteiger partial charge < -0.3 is 18.9 Å². The number of methoxy groups -OCH3 is 3. The van der Waals surface area contributed by atoms with Crippen LogP contribution in [0.5, 0.6) is 17.2 Å². The van der Waals surface area contributed by atoms with Gasteiger partial charge in [-0.2, -0.15) is 0 Å². The van der Waals surface area contributed by atoms with Gasteiger partial charge in [-0.05, 0) is 42.5 Å². The predicted molar refractivity (Wildman–Crippen MR) is 107 cm³/mol. The second-order valence-electron chi connectivity index (χ2n) is 7.41. The van der Waals surface area contributed by atoms with E-state index >= 15 is 0 Å². The van der Waals surface area contributed by atoms with Gasteiger partial charge in [-0.25, -0.2) is 0 Å². The molecule has 6 nitrogen and oxygen atoms in total. The van der Waals surface area contributed by atoms with E-state index < -0.39 is 12.5 Å². The average molecular weight is 398 g/mol. The topological polar surface area (TPSA) is 71.1 Å². The van der Waals surface area contributed by atoms with Gasteiger partial charge in [-0.1, -0.05) is 18.2 Å². The van der Waals surface area contributed by atoms with Crippen LogP contribution in [-0.2, 0) is 16.0 Å². The number of rotatable bonds is 7. The van der Waals surface area contributed by atoms with Crippen LogP contribution in [0.2, 0.25) is 0 Å². The van der Waals surface area contributed by atoms with E-state index in [2.05, 4.69) is 0 Å². The maximum atomic E-state index is 12.2. The van der Waals surface area contributed by atoms with E-state index in [1.807, 2.05) is 18.2 Å². The van der Waals surface area contributed by atoms with Gasteiger partial charge in [-0.3, -0.25) is 9.59 Å². The Balaban J connectivity index is 1.82. The van der Waals surface area contributed by atoms with Crippen LogP contribution in [0.4, 0.5) is 0 Å². The number of benzene rings is 2. The largest absolute Gasteiger partial charge is 0.493 e. The molecule has 1 saturated carbocycles. The Morgan fingerprint density at radius 1 is 1.03 bits per heavy atom. The number of Topliss-reactive ketones (excluding diaryl/α,β-unsaturated/α-hetero) is 1. The van der Waals surface area contributed by atoms with E-state index in [0.29, 0.717) is 42.6 Å². The van der Waals surface area contributed by atoms with E-state index in [1.54, 1.807) is 12.1 Å². The first-order chi connectivity index (χ1) is 14.9. The van der Waals surface area contributed by atoms with Crippen molar-refractivity contribution in [2.75, 3.05) is 27.9 Å². The molecule has 2 aromatic carbocycles. The zero-order valence-corrected chi connectivity index (χ0v) is 16.4. The second kappa shape index (κ2) is 7.43. The van der Waals surface area contributed by atoms with Crippen LogP contribution in [0.3, 0.4) is 0 Å². The van der Waals surface area contributed by atoms with Crippen molar-refractivity contribution >= 4 is 11.8 Å². The fourth-order valence-corrected chi connectivity index (χ4v) is 3.90. The van der Waals surface area contributed by atoms with Crippen LogP contribution in [0.15, 0.2) is 30.3 Å². The van der Waals surface area contributed by atoms with Crippen LogP contribution in [0.1, 0.15) is 37.9 Å². The fourth-order valence-electron chi connectivity index (χ4n) is 3.90. The van der Waals surface area contributed by atoms with E-state index in [4.69, 9.17) is 21.7 Å². The molecule has 29 heavy (non-hydrogen) atoms. The van der Waals surface area contributed by atoms with Gasteiger partial charge >= 0.3 is 5.97 Å². The summed E-state index contributed by atoms with van der Waals surface area (Å²) in [5, 5.41) is 0. The predicted octanol–water partition coefficient (Wildman–Crippen LogP) is 3.83. The number of ketones is 1. The Bertz CT molecular complexity index is 1030. The molecule has 4 rings (SSSR count). The molecule has 0 heterocycles. The summed E-state index contributed by atoms with van der Waals surface area (Å²) in [6, 6.07) is 9.03. The van der Waals surface area contributed by atoms with Crippen LogP contribution in [0.25, 0.3) is 11.1 Å².